The minimum Gasteiger partial charge on any atom is -0.744 e. The monoisotopic (exact) mass is 694 g/mol. The Morgan fingerprint density at radius 3 is 2.40 bits per heavy atom. The molecule has 3 aromatic carbocycles. The van der Waals surface area contributed by atoms with Crippen LogP contribution in [0.25, 0.3) is 16.3 Å². The summed E-state index contributed by atoms with van der Waals surface area (Å²) < 4.78 is 35.1. The number of para-hydroxylation sites is 2. The van der Waals surface area contributed by atoms with Gasteiger partial charge >= 0.3 is 0 Å². The molecular weight excluding hydrogens is 653 g/mol. The van der Waals surface area contributed by atoms with Crippen LogP contribution in [-0.2, 0) is 16.7 Å². The van der Waals surface area contributed by atoms with E-state index in [1.165, 1.54) is 87.9 Å². The summed E-state index contributed by atoms with van der Waals surface area (Å²) in [5, 5.41) is 2.83. The maximum atomic E-state index is 10.4. The lowest BCUT2D eigenvalue weighted by molar-refractivity contribution is -0.665. The van der Waals surface area contributed by atoms with Gasteiger partial charge in [0.25, 0.3) is 5.01 Å². The summed E-state index contributed by atoms with van der Waals surface area (Å²) in [6.45, 7) is 8.42. The first-order valence-corrected chi connectivity index (χ1v) is 20.2. The van der Waals surface area contributed by atoms with Gasteiger partial charge in [0.15, 0.2) is 0 Å². The number of hydrogen-bond acceptors (Lipinski definition) is 6. The number of hydrogen-bond donors (Lipinski definition) is 0. The molecule has 0 amide bonds. The zero-order valence-corrected chi connectivity index (χ0v) is 30.3. The van der Waals surface area contributed by atoms with Crippen molar-refractivity contribution in [2.75, 3.05) is 11.4 Å². The molecule has 4 aliphatic rings. The number of thioether (sulfide) groups is 1. The van der Waals surface area contributed by atoms with Crippen LogP contribution in [0.1, 0.15) is 69.4 Å². The molecule has 248 valence electrons. The molecule has 1 aromatic heterocycles. The molecular formula is C40H42N2O3S3. The molecule has 0 bridgehead atoms. The van der Waals surface area contributed by atoms with Crippen molar-refractivity contribution in [1.29, 1.82) is 0 Å². The summed E-state index contributed by atoms with van der Waals surface area (Å²) in [4.78, 5) is 3.73. The zero-order valence-electron chi connectivity index (χ0n) is 27.9. The first-order chi connectivity index (χ1) is 23.2. The Labute approximate surface area is 293 Å². The number of aryl methyl sites for hydroxylation is 2. The summed E-state index contributed by atoms with van der Waals surface area (Å²) >= 11 is 3.91. The minimum absolute atomic E-state index is 0.178. The van der Waals surface area contributed by atoms with Crippen LogP contribution in [0.3, 0.4) is 0 Å². The summed E-state index contributed by atoms with van der Waals surface area (Å²) in [5.41, 5.74) is 12.0. The maximum Gasteiger partial charge on any atom is 0.263 e. The van der Waals surface area contributed by atoms with E-state index in [0.717, 1.165) is 24.6 Å². The van der Waals surface area contributed by atoms with Crippen molar-refractivity contribution in [3.63, 3.8) is 0 Å². The van der Waals surface area contributed by atoms with Crippen LogP contribution >= 0.6 is 23.1 Å². The molecule has 1 unspecified atom stereocenters. The summed E-state index contributed by atoms with van der Waals surface area (Å²) in [6, 6.07) is 23.6. The Kier molecular flexibility index (Phi) is 9.53. The lowest BCUT2D eigenvalue weighted by Gasteiger charge is -2.39. The fourth-order valence-corrected chi connectivity index (χ4v) is 10.6. The maximum absolute atomic E-state index is 10.4. The van der Waals surface area contributed by atoms with E-state index in [1.54, 1.807) is 40.0 Å². The highest BCUT2D eigenvalue weighted by Crippen LogP contribution is 2.52. The number of fused-ring (bicyclic) bond motifs is 2. The molecule has 8 heteroatoms. The predicted molar refractivity (Wildman–Crippen MR) is 198 cm³/mol. The molecule has 2 heterocycles. The van der Waals surface area contributed by atoms with Crippen molar-refractivity contribution in [1.82, 2.24) is 0 Å². The number of aromatic nitrogens is 1. The van der Waals surface area contributed by atoms with Crippen molar-refractivity contribution < 1.29 is 17.5 Å². The average molecular weight is 695 g/mol. The van der Waals surface area contributed by atoms with E-state index in [-0.39, 0.29) is 4.90 Å². The lowest BCUT2D eigenvalue weighted by Crippen LogP contribution is -2.33. The number of benzene rings is 3. The smallest absolute Gasteiger partial charge is 0.263 e. The van der Waals surface area contributed by atoms with E-state index in [9.17, 15) is 13.0 Å². The molecule has 0 N–H and O–H groups in total. The van der Waals surface area contributed by atoms with Crippen molar-refractivity contribution >= 4 is 55.2 Å². The standard InChI is InChI=1S/C33H35N2S2.C7H8O3S/c1-3-34-27-12-5-7-14-29(27)36-31(34)20-23-18-16-22-17-19-24(26-11-9-10-25(23)33(22)26)21-32-35(4-2)28-13-6-8-15-30(28)37-32;1-6-2-4-7(5-3-6)11(8,9)10/h5-8,12-15,20-22H,3-4,9-11,16-19H2,1-2H3;2-5H,1H3,(H,8,9,10)/q+1;/p-1. The quantitative estimate of drug-likeness (QED) is 0.154. The van der Waals surface area contributed by atoms with Crippen LogP contribution in [-0.4, -0.2) is 19.5 Å². The van der Waals surface area contributed by atoms with Gasteiger partial charge in [-0.3, -0.25) is 0 Å². The van der Waals surface area contributed by atoms with Gasteiger partial charge in [-0.1, -0.05) is 65.1 Å². The van der Waals surface area contributed by atoms with Crippen LogP contribution < -0.4 is 9.47 Å². The number of thiazole rings is 1. The fraction of sp³-hybridized carbons (Fsp3) is 0.325. The second-order valence-corrected chi connectivity index (χ2v) is 16.4. The highest BCUT2D eigenvalue weighted by molar-refractivity contribution is 8.03. The first-order valence-electron chi connectivity index (χ1n) is 17.1. The van der Waals surface area contributed by atoms with Gasteiger partial charge in [-0.15, -0.1) is 0 Å². The van der Waals surface area contributed by atoms with Crippen molar-refractivity contribution in [3.05, 3.63) is 122 Å². The first kappa shape index (κ1) is 33.1. The number of allylic oxidation sites excluding steroid dienone is 6. The van der Waals surface area contributed by atoms with Gasteiger partial charge < -0.3 is 9.45 Å². The Balaban J connectivity index is 0.000000284. The number of nitrogens with zero attached hydrogens (tertiary/aromatic N) is 2. The molecule has 3 aliphatic carbocycles. The van der Waals surface area contributed by atoms with E-state index >= 15 is 0 Å². The van der Waals surface area contributed by atoms with E-state index in [4.69, 9.17) is 0 Å². The number of rotatable bonds is 5. The SMILES string of the molecule is CCN1/C(=C/C2=C3CCCC4=C3C(CC2)CC/C4=C\c2sc3ccccc3[n+]2CC)Sc2ccccc21.Cc1ccc(S(=O)(=O)[O-])cc1. The number of anilines is 1. The van der Waals surface area contributed by atoms with E-state index in [0.29, 0.717) is 0 Å². The van der Waals surface area contributed by atoms with Gasteiger partial charge in [0, 0.05) is 23.6 Å². The molecule has 0 saturated carbocycles. The largest absolute Gasteiger partial charge is 0.744 e. The second kappa shape index (κ2) is 13.8. The van der Waals surface area contributed by atoms with Crippen LogP contribution in [0.15, 0.2) is 122 Å². The van der Waals surface area contributed by atoms with Crippen LogP contribution in [0.4, 0.5) is 5.69 Å². The molecule has 4 aromatic rings. The molecule has 48 heavy (non-hydrogen) atoms. The highest BCUT2D eigenvalue weighted by Gasteiger charge is 2.35. The van der Waals surface area contributed by atoms with Gasteiger partial charge in [0.05, 0.1) is 15.6 Å². The normalized spacial score (nSPS) is 20.7. The summed E-state index contributed by atoms with van der Waals surface area (Å²) in [6.07, 6.45) is 14.0. The van der Waals surface area contributed by atoms with E-state index in [1.807, 2.05) is 30.0 Å². The van der Waals surface area contributed by atoms with Gasteiger partial charge in [-0.25, -0.2) is 8.42 Å². The fourth-order valence-electron chi connectivity index (χ4n) is 7.74. The van der Waals surface area contributed by atoms with Crippen LogP contribution in [0.5, 0.6) is 0 Å². The second-order valence-electron chi connectivity index (χ2n) is 12.9. The molecule has 1 aliphatic heterocycles. The van der Waals surface area contributed by atoms with Crippen LogP contribution in [0.2, 0.25) is 0 Å². The van der Waals surface area contributed by atoms with Gasteiger partial charge in [0.1, 0.15) is 21.4 Å². The topological polar surface area (TPSA) is 64.3 Å². The van der Waals surface area contributed by atoms with E-state index in [2.05, 4.69) is 84.0 Å². The summed E-state index contributed by atoms with van der Waals surface area (Å²) in [7, 11) is -4.27. The summed E-state index contributed by atoms with van der Waals surface area (Å²) in [5.74, 6) is 0.765. The average Bonchev–Trinajstić information content (AvgIpc) is 3.63. The van der Waals surface area contributed by atoms with Crippen molar-refractivity contribution in [2.24, 2.45) is 5.92 Å². The molecule has 0 saturated heterocycles. The van der Waals surface area contributed by atoms with E-state index < -0.39 is 10.1 Å². The lowest BCUT2D eigenvalue weighted by atomic mass is 9.66. The minimum atomic E-state index is -4.27. The Morgan fingerprint density at radius 1 is 0.896 bits per heavy atom. The molecule has 8 rings (SSSR count). The van der Waals surface area contributed by atoms with Gasteiger partial charge in [0.2, 0.25) is 5.52 Å². The van der Waals surface area contributed by atoms with Gasteiger partial charge in [-0.2, -0.15) is 4.57 Å². The molecule has 1 atom stereocenters. The molecule has 5 nitrogen and oxygen atoms in total. The Morgan fingerprint density at radius 2 is 1.62 bits per heavy atom. The van der Waals surface area contributed by atoms with Crippen LogP contribution in [0, 0.1) is 12.8 Å². The Bertz CT molecular complexity index is 2100. The molecule has 0 radical (unpaired) electrons. The third-order valence-electron chi connectivity index (χ3n) is 10.0. The molecule has 0 fully saturated rings. The predicted octanol–water partition coefficient (Wildman–Crippen LogP) is 9.95. The Hall–Kier alpha value is -3.43. The molecule has 0 spiro atoms. The third kappa shape index (κ3) is 6.48. The zero-order chi connectivity index (χ0) is 33.4. The van der Waals surface area contributed by atoms with Crippen molar-refractivity contribution in [3.8, 4) is 0 Å². The van der Waals surface area contributed by atoms with Crippen molar-refractivity contribution in [2.45, 2.75) is 82.1 Å². The highest BCUT2D eigenvalue weighted by atomic mass is 32.2. The third-order valence-corrected chi connectivity index (χ3v) is 13.1. The van der Waals surface area contributed by atoms with Gasteiger partial charge in [-0.05, 0) is 136 Å².